The van der Waals surface area contributed by atoms with E-state index in [4.69, 9.17) is 4.74 Å². The topological polar surface area (TPSA) is 49.9 Å². The average molecular weight is 376 g/mol. The minimum absolute atomic E-state index is 0.0260. The molecular weight excluding hydrogens is 347 g/mol. The Bertz CT molecular complexity index is 681. The van der Waals surface area contributed by atoms with Gasteiger partial charge in [-0.15, -0.1) is 0 Å². The lowest BCUT2D eigenvalue weighted by atomic mass is 9.85. The molecule has 2 aliphatic rings. The zero-order valence-corrected chi connectivity index (χ0v) is 16.2. The van der Waals surface area contributed by atoms with Crippen LogP contribution in [0.4, 0.5) is 4.39 Å². The van der Waals surface area contributed by atoms with Crippen LogP contribution in [-0.4, -0.2) is 54.0 Å². The molecule has 1 aromatic carbocycles. The number of halogens is 1. The van der Waals surface area contributed by atoms with Gasteiger partial charge in [-0.05, 0) is 49.8 Å². The molecule has 0 spiro atoms. The molecule has 1 aromatic rings. The van der Waals surface area contributed by atoms with Crippen LogP contribution in [0.15, 0.2) is 24.3 Å². The van der Waals surface area contributed by atoms with Crippen molar-refractivity contribution in [3.05, 3.63) is 35.6 Å². The van der Waals surface area contributed by atoms with E-state index in [1.165, 1.54) is 25.7 Å². The van der Waals surface area contributed by atoms with Crippen LogP contribution < -0.4 is 0 Å². The highest BCUT2D eigenvalue weighted by molar-refractivity contribution is 5.81. The largest absolute Gasteiger partial charge is 0.468 e. The Labute approximate surface area is 160 Å². The van der Waals surface area contributed by atoms with Crippen LogP contribution in [0.5, 0.6) is 0 Å². The predicted octanol–water partition coefficient (Wildman–Crippen LogP) is 2.98. The van der Waals surface area contributed by atoms with Crippen LogP contribution in [0.3, 0.4) is 0 Å². The van der Waals surface area contributed by atoms with Crippen LogP contribution in [0.25, 0.3) is 0 Å². The second kappa shape index (κ2) is 8.83. The molecule has 148 valence electrons. The molecule has 1 saturated heterocycles. The van der Waals surface area contributed by atoms with E-state index in [0.717, 1.165) is 31.2 Å². The Morgan fingerprint density at radius 2 is 2.07 bits per heavy atom. The number of carbonyl (C=O) groups excluding carboxylic acids is 2. The van der Waals surface area contributed by atoms with Gasteiger partial charge < -0.3 is 9.64 Å². The predicted molar refractivity (Wildman–Crippen MR) is 100 cm³/mol. The highest BCUT2D eigenvalue weighted by Crippen LogP contribution is 2.39. The second-order valence-corrected chi connectivity index (χ2v) is 7.60. The van der Waals surface area contributed by atoms with Crippen LogP contribution in [0.1, 0.15) is 44.6 Å². The van der Waals surface area contributed by atoms with Gasteiger partial charge in [-0.25, -0.2) is 4.39 Å². The van der Waals surface area contributed by atoms with E-state index in [1.54, 1.807) is 11.0 Å². The molecule has 1 heterocycles. The molecule has 3 rings (SSSR count). The van der Waals surface area contributed by atoms with Crippen molar-refractivity contribution in [1.29, 1.82) is 0 Å². The number of esters is 1. The molecule has 1 aliphatic carbocycles. The number of likely N-dealkylation sites (tertiary alicyclic amines) is 1. The van der Waals surface area contributed by atoms with Gasteiger partial charge in [-0.3, -0.25) is 14.5 Å². The second-order valence-electron chi connectivity index (χ2n) is 7.60. The molecule has 1 aliphatic heterocycles. The molecule has 0 bridgehead atoms. The van der Waals surface area contributed by atoms with Crippen molar-refractivity contribution in [1.82, 2.24) is 9.80 Å². The first-order valence-electron chi connectivity index (χ1n) is 9.89. The number of rotatable bonds is 6. The number of carbonyl (C=O) groups is 2. The normalized spacial score (nSPS) is 25.1. The van der Waals surface area contributed by atoms with Crippen LogP contribution in [-0.2, 0) is 20.9 Å². The van der Waals surface area contributed by atoms with E-state index >= 15 is 0 Å². The zero-order chi connectivity index (χ0) is 19.4. The lowest BCUT2D eigenvalue weighted by Crippen LogP contribution is -2.48. The number of nitrogens with zero attached hydrogens (tertiary/aromatic N) is 2. The van der Waals surface area contributed by atoms with E-state index in [-0.39, 0.29) is 36.3 Å². The third-order valence-electron chi connectivity index (χ3n) is 6.01. The summed E-state index contributed by atoms with van der Waals surface area (Å²) in [5.41, 5.74) is 0.770. The summed E-state index contributed by atoms with van der Waals surface area (Å²) in [6, 6.07) is 6.28. The summed E-state index contributed by atoms with van der Waals surface area (Å²) in [7, 11) is 1.41. The first-order chi connectivity index (χ1) is 13.0. The van der Waals surface area contributed by atoms with Gasteiger partial charge >= 0.3 is 5.97 Å². The van der Waals surface area contributed by atoms with Crippen LogP contribution in [0, 0.1) is 11.7 Å². The molecule has 2 fully saturated rings. The van der Waals surface area contributed by atoms with E-state index in [9.17, 15) is 14.0 Å². The highest BCUT2D eigenvalue weighted by Gasteiger charge is 2.46. The van der Waals surface area contributed by atoms with E-state index in [1.807, 2.05) is 13.0 Å². The summed E-state index contributed by atoms with van der Waals surface area (Å²) in [5, 5.41) is 0. The molecule has 0 N–H and O–H groups in total. The fourth-order valence-corrected chi connectivity index (χ4v) is 4.64. The fourth-order valence-electron chi connectivity index (χ4n) is 4.64. The molecule has 5 nitrogen and oxygen atoms in total. The smallest absolute Gasteiger partial charge is 0.323 e. The third-order valence-corrected chi connectivity index (χ3v) is 6.01. The number of hydrogen-bond donors (Lipinski definition) is 0. The SMILES string of the molecule is CCN(Cc1cccc(F)c1)C(=O)CN1C(C(=O)OC)CC2CCCCC21. The minimum atomic E-state index is -0.333. The summed E-state index contributed by atoms with van der Waals surface area (Å²) in [6.07, 6.45) is 5.25. The van der Waals surface area contributed by atoms with Gasteiger partial charge in [0.1, 0.15) is 11.9 Å². The summed E-state index contributed by atoms with van der Waals surface area (Å²) in [6.45, 7) is 3.05. The summed E-state index contributed by atoms with van der Waals surface area (Å²) in [5.74, 6) is -0.104. The van der Waals surface area contributed by atoms with Crippen molar-refractivity contribution >= 4 is 11.9 Å². The number of fused-ring (bicyclic) bond motifs is 1. The first-order valence-corrected chi connectivity index (χ1v) is 9.89. The molecule has 3 unspecified atom stereocenters. The molecule has 1 amide bonds. The van der Waals surface area contributed by atoms with Gasteiger partial charge in [-0.2, -0.15) is 0 Å². The lowest BCUT2D eigenvalue weighted by Gasteiger charge is -2.34. The maximum atomic E-state index is 13.5. The molecule has 0 aromatic heterocycles. The van der Waals surface area contributed by atoms with E-state index in [0.29, 0.717) is 19.0 Å². The Kier molecular flexibility index (Phi) is 6.47. The summed E-state index contributed by atoms with van der Waals surface area (Å²) in [4.78, 5) is 29.1. The van der Waals surface area contributed by atoms with Crippen molar-refractivity contribution in [2.75, 3.05) is 20.2 Å². The van der Waals surface area contributed by atoms with Crippen molar-refractivity contribution in [3.8, 4) is 0 Å². The van der Waals surface area contributed by atoms with Gasteiger partial charge in [0.25, 0.3) is 0 Å². The lowest BCUT2D eigenvalue weighted by molar-refractivity contribution is -0.147. The first kappa shape index (κ1) is 19.8. The summed E-state index contributed by atoms with van der Waals surface area (Å²) >= 11 is 0. The average Bonchev–Trinajstić information content (AvgIpc) is 3.04. The van der Waals surface area contributed by atoms with Gasteiger partial charge in [0.2, 0.25) is 5.91 Å². The van der Waals surface area contributed by atoms with Gasteiger partial charge in [0.15, 0.2) is 0 Å². The Balaban J connectivity index is 1.71. The Hall–Kier alpha value is -1.95. The number of hydrogen-bond acceptors (Lipinski definition) is 4. The van der Waals surface area contributed by atoms with Gasteiger partial charge in [0, 0.05) is 19.1 Å². The van der Waals surface area contributed by atoms with Crippen LogP contribution in [0.2, 0.25) is 0 Å². The Morgan fingerprint density at radius 1 is 1.30 bits per heavy atom. The van der Waals surface area contributed by atoms with Gasteiger partial charge in [-0.1, -0.05) is 25.0 Å². The Morgan fingerprint density at radius 3 is 2.78 bits per heavy atom. The number of methoxy groups -OCH3 is 1. The van der Waals surface area contributed by atoms with E-state index < -0.39 is 0 Å². The number of benzene rings is 1. The highest BCUT2D eigenvalue weighted by atomic mass is 19.1. The molecule has 0 radical (unpaired) electrons. The van der Waals surface area contributed by atoms with Crippen LogP contribution >= 0.6 is 0 Å². The zero-order valence-electron chi connectivity index (χ0n) is 16.2. The van der Waals surface area contributed by atoms with Crippen molar-refractivity contribution in [2.45, 2.75) is 57.7 Å². The summed E-state index contributed by atoms with van der Waals surface area (Å²) < 4.78 is 18.5. The fraction of sp³-hybridized carbons (Fsp3) is 0.619. The third kappa shape index (κ3) is 4.49. The van der Waals surface area contributed by atoms with E-state index in [2.05, 4.69) is 4.90 Å². The standard InChI is InChI=1S/C21H29FN2O3/c1-3-23(13-15-7-6-9-17(22)11-15)20(25)14-24-18-10-5-4-8-16(18)12-19(24)21(26)27-2/h6-7,9,11,16,18-19H,3-5,8,10,12-14H2,1-2H3. The maximum Gasteiger partial charge on any atom is 0.323 e. The number of amides is 1. The van der Waals surface area contributed by atoms with Gasteiger partial charge in [0.05, 0.1) is 13.7 Å². The molecule has 1 saturated carbocycles. The maximum absolute atomic E-state index is 13.5. The number of likely N-dealkylation sites (N-methyl/N-ethyl adjacent to an activating group) is 1. The molecular formula is C21H29FN2O3. The quantitative estimate of drug-likeness (QED) is 0.716. The molecule has 6 heteroatoms. The minimum Gasteiger partial charge on any atom is -0.468 e. The molecule has 27 heavy (non-hydrogen) atoms. The van der Waals surface area contributed by atoms with Crippen molar-refractivity contribution in [2.24, 2.45) is 5.92 Å². The van der Waals surface area contributed by atoms with Crippen molar-refractivity contribution < 1.29 is 18.7 Å². The van der Waals surface area contributed by atoms with Crippen molar-refractivity contribution in [3.63, 3.8) is 0 Å². The number of ether oxygens (including phenoxy) is 1. The monoisotopic (exact) mass is 376 g/mol. The molecule has 3 atom stereocenters.